The molecule has 2 atom stereocenters. The predicted molar refractivity (Wildman–Crippen MR) is 129 cm³/mol. The quantitative estimate of drug-likeness (QED) is 0.299. The fraction of sp³-hybridized carbons (Fsp3) is 0.522. The molecule has 3 N–H and O–H groups in total. The number of thioether (sulfide) groups is 1. The molecule has 0 aliphatic carbocycles. The summed E-state index contributed by atoms with van der Waals surface area (Å²) in [5, 5.41) is 24.0. The fourth-order valence-corrected chi connectivity index (χ4v) is 3.44. The van der Waals surface area contributed by atoms with E-state index in [4.69, 9.17) is 4.74 Å². The molecule has 1 rings (SSSR count). The Morgan fingerprint density at radius 1 is 1.20 bits per heavy atom. The van der Waals surface area contributed by atoms with E-state index < -0.39 is 54.7 Å². The average Bonchev–Trinajstić information content (AvgIpc) is 2.79. The minimum atomic E-state index is -1.33. The summed E-state index contributed by atoms with van der Waals surface area (Å²) in [6, 6.07) is 4.97. The van der Waals surface area contributed by atoms with Crippen molar-refractivity contribution in [1.82, 2.24) is 15.5 Å². The number of alkyl carbamates (subject to hydrolysis) is 1. The molecule has 0 aliphatic rings. The van der Waals surface area contributed by atoms with E-state index in [0.29, 0.717) is 5.75 Å². The van der Waals surface area contributed by atoms with Gasteiger partial charge in [-0.05, 0) is 56.9 Å². The average molecular weight is 509 g/mol. The number of amides is 3. The Morgan fingerprint density at radius 2 is 1.83 bits per heavy atom. The van der Waals surface area contributed by atoms with Gasteiger partial charge in [-0.1, -0.05) is 12.1 Å². The van der Waals surface area contributed by atoms with Gasteiger partial charge in [0.1, 0.15) is 36.5 Å². The first-order valence-corrected chi connectivity index (χ1v) is 12.1. The number of hydrogen-bond acceptors (Lipinski definition) is 9. The molecule has 0 saturated heterocycles. The van der Waals surface area contributed by atoms with E-state index >= 15 is 0 Å². The Morgan fingerprint density at radius 3 is 2.34 bits per heavy atom. The molecular weight excluding hydrogens is 476 g/mol. The van der Waals surface area contributed by atoms with Crippen LogP contribution < -0.4 is 10.6 Å². The number of ether oxygens (including phenoxy) is 2. The maximum absolute atomic E-state index is 13.6. The molecule has 0 spiro atoms. The van der Waals surface area contributed by atoms with Gasteiger partial charge in [0.2, 0.25) is 11.8 Å². The lowest BCUT2D eigenvalue weighted by Gasteiger charge is -2.32. The molecule has 0 fully saturated rings. The van der Waals surface area contributed by atoms with E-state index in [1.807, 2.05) is 12.3 Å². The van der Waals surface area contributed by atoms with Crippen molar-refractivity contribution in [2.45, 2.75) is 44.9 Å². The molecule has 0 bridgehead atoms. The number of benzene rings is 1. The molecule has 0 heterocycles. The maximum Gasteiger partial charge on any atom is 0.408 e. The number of rotatable bonds is 11. The van der Waals surface area contributed by atoms with Gasteiger partial charge >= 0.3 is 12.1 Å². The number of esters is 1. The number of carbonyl (C=O) groups excluding carboxylic acids is 4. The molecule has 1 aromatic rings. The first-order chi connectivity index (χ1) is 16.4. The van der Waals surface area contributed by atoms with Gasteiger partial charge in [0.25, 0.3) is 0 Å². The van der Waals surface area contributed by atoms with Crippen LogP contribution in [-0.4, -0.2) is 77.7 Å². The number of phenols is 1. The van der Waals surface area contributed by atoms with Crippen LogP contribution in [0.1, 0.15) is 38.8 Å². The Kier molecular flexibility index (Phi) is 11.9. The highest BCUT2D eigenvalue weighted by molar-refractivity contribution is 7.98. The number of nitrogens with one attached hydrogen (secondary N) is 2. The monoisotopic (exact) mass is 508 g/mol. The molecule has 0 radical (unpaired) electrons. The van der Waals surface area contributed by atoms with Crippen LogP contribution >= 0.6 is 11.8 Å². The third-order valence-corrected chi connectivity index (χ3v) is 5.17. The molecule has 35 heavy (non-hydrogen) atoms. The fourth-order valence-electron chi connectivity index (χ4n) is 2.97. The van der Waals surface area contributed by atoms with E-state index in [0.717, 1.165) is 12.0 Å². The number of nitriles is 1. The zero-order chi connectivity index (χ0) is 26.6. The van der Waals surface area contributed by atoms with Crippen LogP contribution in [0.2, 0.25) is 0 Å². The molecular formula is C23H32N4O7S. The Bertz CT molecular complexity index is 925. The highest BCUT2D eigenvalue weighted by Gasteiger charge is 2.36. The minimum Gasteiger partial charge on any atom is -0.508 e. The lowest BCUT2D eigenvalue weighted by Crippen LogP contribution is -2.53. The highest BCUT2D eigenvalue weighted by Crippen LogP contribution is 2.25. The second kappa shape index (κ2) is 14.1. The van der Waals surface area contributed by atoms with Gasteiger partial charge in [-0.15, -0.1) is 0 Å². The molecule has 192 valence electrons. The smallest absolute Gasteiger partial charge is 0.408 e. The summed E-state index contributed by atoms with van der Waals surface area (Å²) in [6.07, 6.45) is 1.24. The number of carbonyl (C=O) groups is 4. The second-order valence-corrected chi connectivity index (χ2v) is 9.38. The van der Waals surface area contributed by atoms with Crippen LogP contribution in [0.5, 0.6) is 5.75 Å². The number of methoxy groups -OCH3 is 1. The summed E-state index contributed by atoms with van der Waals surface area (Å²) in [5.74, 6) is -1.69. The van der Waals surface area contributed by atoms with Gasteiger partial charge in [0.15, 0.2) is 0 Å². The van der Waals surface area contributed by atoms with E-state index in [2.05, 4.69) is 15.4 Å². The van der Waals surface area contributed by atoms with E-state index in [1.165, 1.54) is 36.0 Å². The lowest BCUT2D eigenvalue weighted by atomic mass is 10.0. The van der Waals surface area contributed by atoms with E-state index in [1.54, 1.807) is 20.8 Å². The van der Waals surface area contributed by atoms with Crippen molar-refractivity contribution in [2.75, 3.05) is 32.2 Å². The minimum absolute atomic E-state index is 0.0648. The van der Waals surface area contributed by atoms with Crippen molar-refractivity contribution < 1.29 is 33.8 Å². The molecule has 12 heteroatoms. The molecule has 0 aromatic heterocycles. The number of nitrogens with zero attached hydrogens (tertiary/aromatic N) is 2. The number of aromatic hydroxyl groups is 1. The van der Waals surface area contributed by atoms with Crippen molar-refractivity contribution in [3.63, 3.8) is 0 Å². The molecule has 11 nitrogen and oxygen atoms in total. The number of phenolic OH excluding ortho intramolecular Hbond substituents is 1. The van der Waals surface area contributed by atoms with Gasteiger partial charge in [0, 0.05) is 0 Å². The molecule has 2 unspecified atom stereocenters. The molecule has 0 aliphatic heterocycles. The van der Waals surface area contributed by atoms with Gasteiger partial charge in [-0.25, -0.2) is 4.79 Å². The van der Waals surface area contributed by atoms with Crippen LogP contribution in [-0.2, 0) is 23.9 Å². The van der Waals surface area contributed by atoms with Crippen molar-refractivity contribution in [1.29, 1.82) is 5.26 Å². The van der Waals surface area contributed by atoms with Gasteiger partial charge in [-0.3, -0.25) is 14.4 Å². The summed E-state index contributed by atoms with van der Waals surface area (Å²) < 4.78 is 9.81. The third kappa shape index (κ3) is 10.1. The standard InChI is InChI=1S/C23H32N4O7S/c1-23(2,3)34-22(32)26-17(10-13-35-5)21(31)27(12-11-24)19(15-6-8-16(28)9-7-15)20(30)25-14-18(29)33-4/h6-9,17,19,28H,10,12-14H2,1-5H3,(H,25,30)(H,26,32). The van der Waals surface area contributed by atoms with Crippen molar-refractivity contribution >= 4 is 35.6 Å². The largest absolute Gasteiger partial charge is 0.508 e. The third-order valence-electron chi connectivity index (χ3n) is 4.53. The summed E-state index contributed by atoms with van der Waals surface area (Å²) in [5.41, 5.74) is -0.513. The first-order valence-electron chi connectivity index (χ1n) is 10.7. The van der Waals surface area contributed by atoms with Crippen LogP contribution in [0.25, 0.3) is 0 Å². The van der Waals surface area contributed by atoms with E-state index in [9.17, 15) is 29.5 Å². The van der Waals surface area contributed by atoms with Crippen LogP contribution in [0.3, 0.4) is 0 Å². The first kappa shape index (κ1) is 29.6. The molecule has 1 aromatic carbocycles. The Hall–Kier alpha value is -3.46. The Balaban J connectivity index is 3.37. The zero-order valence-corrected chi connectivity index (χ0v) is 21.3. The summed E-state index contributed by atoms with van der Waals surface area (Å²) >= 11 is 1.45. The van der Waals surface area contributed by atoms with Gasteiger partial charge in [-0.2, -0.15) is 17.0 Å². The maximum atomic E-state index is 13.6. The van der Waals surface area contributed by atoms with Crippen molar-refractivity contribution in [3.8, 4) is 11.8 Å². The zero-order valence-electron chi connectivity index (χ0n) is 20.5. The highest BCUT2D eigenvalue weighted by atomic mass is 32.2. The van der Waals surface area contributed by atoms with Crippen molar-refractivity contribution in [3.05, 3.63) is 29.8 Å². The second-order valence-electron chi connectivity index (χ2n) is 8.39. The van der Waals surface area contributed by atoms with E-state index in [-0.39, 0.29) is 17.7 Å². The summed E-state index contributed by atoms with van der Waals surface area (Å²) in [4.78, 5) is 51.7. The molecule has 3 amide bonds. The van der Waals surface area contributed by atoms with Gasteiger partial charge < -0.3 is 30.1 Å². The van der Waals surface area contributed by atoms with Crippen LogP contribution in [0.4, 0.5) is 4.79 Å². The Labute approximate surface area is 209 Å². The summed E-state index contributed by atoms with van der Waals surface area (Å²) in [6.45, 7) is 4.10. The topological polar surface area (TPSA) is 158 Å². The molecule has 0 saturated carbocycles. The van der Waals surface area contributed by atoms with Crippen molar-refractivity contribution in [2.24, 2.45) is 0 Å². The SMILES string of the molecule is COC(=O)CNC(=O)C(c1ccc(O)cc1)N(CC#N)C(=O)C(CCSC)NC(=O)OC(C)(C)C. The lowest BCUT2D eigenvalue weighted by molar-refractivity contribution is -0.144. The normalized spacial score (nSPS) is 12.5. The summed E-state index contributed by atoms with van der Waals surface area (Å²) in [7, 11) is 1.16. The van der Waals surface area contributed by atoms with Gasteiger partial charge in [0.05, 0.1) is 13.2 Å². The predicted octanol–water partition coefficient (Wildman–Crippen LogP) is 1.72. The van der Waals surface area contributed by atoms with Crippen LogP contribution in [0, 0.1) is 11.3 Å². The van der Waals surface area contributed by atoms with Crippen LogP contribution in [0.15, 0.2) is 24.3 Å². The number of hydrogen-bond donors (Lipinski definition) is 3.